The number of amides is 1. The molecule has 0 atom stereocenters. The summed E-state index contributed by atoms with van der Waals surface area (Å²) < 4.78 is 16.0. The van der Waals surface area contributed by atoms with Gasteiger partial charge in [0.2, 0.25) is 5.01 Å². The molecule has 4 rings (SSSR count). The number of halogens is 2. The molecule has 11 heteroatoms. The lowest BCUT2D eigenvalue weighted by Crippen LogP contribution is -2.27. The van der Waals surface area contributed by atoms with E-state index >= 15 is 0 Å². The van der Waals surface area contributed by atoms with Crippen LogP contribution in [0.1, 0.15) is 46.2 Å². The maximum atomic E-state index is 12.9. The summed E-state index contributed by atoms with van der Waals surface area (Å²) in [6.45, 7) is -0.253. The van der Waals surface area contributed by atoms with E-state index in [2.05, 4.69) is 31.3 Å². The number of pyridine rings is 1. The van der Waals surface area contributed by atoms with Crippen LogP contribution in [0, 0.1) is 11.3 Å². The minimum absolute atomic E-state index is 0.142. The monoisotopic (exact) mass is 438 g/mol. The molecule has 2 aromatic heterocycles. The van der Waals surface area contributed by atoms with E-state index in [9.17, 15) is 14.4 Å². The van der Waals surface area contributed by atoms with Crippen molar-refractivity contribution >= 4 is 40.8 Å². The molecule has 0 bridgehead atoms. The van der Waals surface area contributed by atoms with Gasteiger partial charge >= 0.3 is 0 Å². The summed E-state index contributed by atoms with van der Waals surface area (Å²) in [5, 5.41) is 21.0. The molecule has 2 aliphatic carbocycles. The van der Waals surface area contributed by atoms with Crippen molar-refractivity contribution in [3.8, 4) is 6.07 Å². The second kappa shape index (κ2) is 7.55. The SMILES string of the molecule is N#CC1(c2nnc(C(=O)NCc3ncc(SNC4(CF)CC4)cc3Cl)s2)CC1. The zero-order chi connectivity index (χ0) is 19.8. The lowest BCUT2D eigenvalue weighted by molar-refractivity contribution is 0.0949. The van der Waals surface area contributed by atoms with Crippen LogP contribution in [-0.4, -0.2) is 33.3 Å². The lowest BCUT2D eigenvalue weighted by atomic mass is 10.1. The van der Waals surface area contributed by atoms with Crippen LogP contribution in [0.4, 0.5) is 4.39 Å². The van der Waals surface area contributed by atoms with Gasteiger partial charge in [-0.15, -0.1) is 10.2 Å². The summed E-state index contributed by atoms with van der Waals surface area (Å²) in [5.74, 6) is -0.380. The first-order chi connectivity index (χ1) is 13.5. The Morgan fingerprint density at radius 1 is 1.39 bits per heavy atom. The quantitative estimate of drug-likeness (QED) is 0.610. The van der Waals surface area contributed by atoms with Crippen molar-refractivity contribution in [3.05, 3.63) is 33.0 Å². The molecule has 2 heterocycles. The maximum absolute atomic E-state index is 12.9. The van der Waals surface area contributed by atoms with Gasteiger partial charge in [-0.3, -0.25) is 14.5 Å². The topological polar surface area (TPSA) is 104 Å². The van der Waals surface area contributed by atoms with Gasteiger partial charge in [0, 0.05) is 11.1 Å². The predicted molar refractivity (Wildman–Crippen MR) is 104 cm³/mol. The van der Waals surface area contributed by atoms with E-state index < -0.39 is 17.6 Å². The van der Waals surface area contributed by atoms with Gasteiger partial charge in [-0.2, -0.15) is 5.26 Å². The highest BCUT2D eigenvalue weighted by Gasteiger charge is 2.48. The van der Waals surface area contributed by atoms with Gasteiger partial charge in [-0.25, -0.2) is 4.39 Å². The zero-order valence-electron chi connectivity index (χ0n) is 14.7. The summed E-state index contributed by atoms with van der Waals surface area (Å²) >= 11 is 8.70. The molecule has 0 saturated heterocycles. The third-order valence-corrected chi connectivity index (χ3v) is 7.24. The standard InChI is InChI=1S/C17H16ClFN6OS2/c18-11-5-10(28-25-17(8-19)3-4-17)6-21-12(11)7-22-13(26)14-23-24-15(27-14)16(9-20)1-2-16/h5-6,25H,1-4,7-8H2,(H,22,26). The van der Waals surface area contributed by atoms with E-state index in [0.717, 1.165) is 41.9 Å². The number of carbonyl (C=O) groups excluding carboxylic acids is 1. The second-order valence-electron chi connectivity index (χ2n) is 7.01. The molecule has 146 valence electrons. The summed E-state index contributed by atoms with van der Waals surface area (Å²) in [6, 6.07) is 3.97. The largest absolute Gasteiger partial charge is 0.344 e. The molecule has 28 heavy (non-hydrogen) atoms. The van der Waals surface area contributed by atoms with Crippen LogP contribution < -0.4 is 10.0 Å². The third-order valence-electron chi connectivity index (χ3n) is 4.80. The van der Waals surface area contributed by atoms with E-state index in [1.165, 1.54) is 11.9 Å². The molecule has 1 amide bonds. The Morgan fingerprint density at radius 2 is 2.18 bits per heavy atom. The number of alkyl halides is 1. The molecule has 0 spiro atoms. The average Bonchev–Trinajstić information content (AvgIpc) is 3.63. The van der Waals surface area contributed by atoms with E-state index in [4.69, 9.17) is 11.6 Å². The average molecular weight is 439 g/mol. The fourth-order valence-corrected chi connectivity index (χ4v) is 4.59. The molecule has 7 nitrogen and oxygen atoms in total. The van der Waals surface area contributed by atoms with E-state index in [1.807, 2.05) is 0 Å². The fourth-order valence-electron chi connectivity index (χ4n) is 2.46. The highest BCUT2D eigenvalue weighted by Crippen LogP contribution is 2.48. The normalized spacial score (nSPS) is 18.3. The number of carbonyl (C=O) groups is 1. The van der Waals surface area contributed by atoms with Crippen molar-refractivity contribution < 1.29 is 9.18 Å². The number of nitrogens with zero attached hydrogens (tertiary/aromatic N) is 4. The van der Waals surface area contributed by atoms with E-state index in [-0.39, 0.29) is 17.5 Å². The number of nitrogens with one attached hydrogen (secondary N) is 2. The van der Waals surface area contributed by atoms with Gasteiger partial charge in [0.25, 0.3) is 5.91 Å². The van der Waals surface area contributed by atoms with Crippen molar-refractivity contribution in [1.82, 2.24) is 25.2 Å². The molecule has 0 aliphatic heterocycles. The number of hydrogen-bond acceptors (Lipinski definition) is 8. The van der Waals surface area contributed by atoms with Gasteiger partial charge in [-0.1, -0.05) is 22.9 Å². The first-order valence-electron chi connectivity index (χ1n) is 8.67. The first kappa shape index (κ1) is 19.5. The molecular weight excluding hydrogens is 423 g/mol. The van der Waals surface area contributed by atoms with Gasteiger partial charge in [0.15, 0.2) is 0 Å². The molecule has 2 saturated carbocycles. The van der Waals surface area contributed by atoms with Crippen LogP contribution in [0.25, 0.3) is 0 Å². The van der Waals surface area contributed by atoms with Crippen molar-refractivity contribution in [2.75, 3.05) is 6.67 Å². The highest BCUT2D eigenvalue weighted by molar-refractivity contribution is 7.97. The summed E-state index contributed by atoms with van der Waals surface area (Å²) in [5.41, 5.74) is -0.440. The molecule has 2 N–H and O–H groups in total. The van der Waals surface area contributed by atoms with Crippen molar-refractivity contribution in [3.63, 3.8) is 0 Å². The van der Waals surface area contributed by atoms with Crippen LogP contribution in [0.5, 0.6) is 0 Å². The van der Waals surface area contributed by atoms with Gasteiger partial charge in [0.1, 0.15) is 17.1 Å². The summed E-state index contributed by atoms with van der Waals surface area (Å²) in [6.07, 6.45) is 4.79. The molecule has 0 radical (unpaired) electrons. The van der Waals surface area contributed by atoms with E-state index in [1.54, 1.807) is 12.3 Å². The van der Waals surface area contributed by atoms with Gasteiger partial charge in [-0.05, 0) is 43.7 Å². The van der Waals surface area contributed by atoms with Crippen LogP contribution in [0.15, 0.2) is 17.2 Å². The predicted octanol–water partition coefficient (Wildman–Crippen LogP) is 3.17. The Morgan fingerprint density at radius 3 is 2.79 bits per heavy atom. The summed E-state index contributed by atoms with van der Waals surface area (Å²) in [4.78, 5) is 17.4. The number of hydrogen-bond donors (Lipinski definition) is 2. The third kappa shape index (κ3) is 3.98. The molecule has 2 aromatic rings. The summed E-state index contributed by atoms with van der Waals surface area (Å²) in [7, 11) is 0. The van der Waals surface area contributed by atoms with Crippen LogP contribution in [0.2, 0.25) is 5.02 Å². The van der Waals surface area contributed by atoms with Gasteiger partial charge < -0.3 is 5.32 Å². The van der Waals surface area contributed by atoms with Crippen molar-refractivity contribution in [1.29, 1.82) is 5.26 Å². The highest BCUT2D eigenvalue weighted by atomic mass is 35.5. The lowest BCUT2D eigenvalue weighted by Gasteiger charge is -2.12. The molecule has 2 aliphatic rings. The first-order valence-corrected chi connectivity index (χ1v) is 10.7. The molecular formula is C17H16ClFN6OS2. The number of aromatic nitrogens is 3. The van der Waals surface area contributed by atoms with Crippen LogP contribution in [0.3, 0.4) is 0 Å². The number of rotatable bonds is 8. The second-order valence-corrected chi connectivity index (χ2v) is 9.27. The van der Waals surface area contributed by atoms with Crippen LogP contribution >= 0.6 is 34.9 Å². The van der Waals surface area contributed by atoms with Crippen molar-refractivity contribution in [2.24, 2.45) is 0 Å². The Labute approximate surface area is 174 Å². The maximum Gasteiger partial charge on any atom is 0.282 e. The minimum Gasteiger partial charge on any atom is -0.344 e. The van der Waals surface area contributed by atoms with Gasteiger partial charge in [0.05, 0.1) is 28.9 Å². The smallest absolute Gasteiger partial charge is 0.282 e. The molecule has 0 unspecified atom stereocenters. The fraction of sp³-hybridized carbons (Fsp3) is 0.471. The Bertz CT molecular complexity index is 953. The van der Waals surface area contributed by atoms with Crippen molar-refractivity contribution in [2.45, 2.75) is 48.1 Å². The minimum atomic E-state index is -0.552. The van der Waals surface area contributed by atoms with E-state index in [0.29, 0.717) is 15.7 Å². The number of nitriles is 1. The zero-order valence-corrected chi connectivity index (χ0v) is 17.1. The molecule has 2 fully saturated rings. The van der Waals surface area contributed by atoms with Crippen LogP contribution in [-0.2, 0) is 12.0 Å². The Kier molecular flexibility index (Phi) is 5.26. The molecule has 0 aromatic carbocycles. The Hall–Kier alpha value is -1.80. The Balaban J connectivity index is 1.33.